The van der Waals surface area contributed by atoms with E-state index >= 15 is 0 Å². The fraction of sp³-hybridized carbons (Fsp3) is 0.154. The topological polar surface area (TPSA) is 22.1 Å². The van der Waals surface area contributed by atoms with Crippen molar-refractivity contribution in [2.45, 2.75) is 13.0 Å². The molecule has 2 aromatic rings. The quantitative estimate of drug-likeness (QED) is 0.846. The first kappa shape index (κ1) is 13.7. The minimum Gasteiger partial charge on any atom is -0.433 e. The van der Waals surface area contributed by atoms with Gasteiger partial charge in [-0.15, -0.1) is 0 Å². The maximum Gasteiger partial charge on any atom is 0.387 e. The number of halogens is 4. The number of pyridine rings is 1. The zero-order valence-corrected chi connectivity index (χ0v) is 10.4. The summed E-state index contributed by atoms with van der Waals surface area (Å²) in [6.07, 6.45) is 2.95. The van der Waals surface area contributed by atoms with E-state index in [2.05, 4.69) is 9.72 Å². The standard InChI is InChI=1S/C13H9ClF3NO/c14-11-2-1-8(5-12(11)19-13(16)17)3-9-4-10(15)7-18-6-9/h1-2,4-7,13H,3H2. The Balaban J connectivity index is 2.21. The van der Waals surface area contributed by atoms with Crippen LogP contribution in [0.5, 0.6) is 5.75 Å². The lowest BCUT2D eigenvalue weighted by Gasteiger charge is -2.09. The summed E-state index contributed by atoms with van der Waals surface area (Å²) >= 11 is 5.74. The van der Waals surface area contributed by atoms with Crippen LogP contribution in [0.1, 0.15) is 11.1 Å². The summed E-state index contributed by atoms with van der Waals surface area (Å²) in [6.45, 7) is -2.94. The van der Waals surface area contributed by atoms with E-state index in [9.17, 15) is 13.2 Å². The largest absolute Gasteiger partial charge is 0.433 e. The molecular formula is C13H9ClF3NO. The second-order valence-corrected chi connectivity index (χ2v) is 4.24. The van der Waals surface area contributed by atoms with Crippen LogP contribution >= 0.6 is 11.6 Å². The number of ether oxygens (including phenoxy) is 1. The van der Waals surface area contributed by atoms with Gasteiger partial charge < -0.3 is 4.74 Å². The van der Waals surface area contributed by atoms with Crippen LogP contribution in [0.2, 0.25) is 5.02 Å². The second-order valence-electron chi connectivity index (χ2n) is 3.83. The van der Waals surface area contributed by atoms with E-state index in [0.717, 1.165) is 6.20 Å². The average Bonchev–Trinajstić information content (AvgIpc) is 2.33. The molecule has 0 radical (unpaired) electrons. The molecule has 1 aromatic carbocycles. The Hall–Kier alpha value is -1.75. The van der Waals surface area contributed by atoms with Gasteiger partial charge in [0.1, 0.15) is 11.6 Å². The molecule has 0 fully saturated rings. The first-order valence-corrected chi connectivity index (χ1v) is 5.75. The van der Waals surface area contributed by atoms with Crippen molar-refractivity contribution in [3.63, 3.8) is 0 Å². The molecule has 6 heteroatoms. The third kappa shape index (κ3) is 3.86. The van der Waals surface area contributed by atoms with E-state index in [1.54, 1.807) is 6.07 Å². The molecule has 0 amide bonds. The SMILES string of the molecule is Fc1cncc(Cc2ccc(Cl)c(OC(F)F)c2)c1. The van der Waals surface area contributed by atoms with Crippen molar-refractivity contribution < 1.29 is 17.9 Å². The fourth-order valence-electron chi connectivity index (χ4n) is 1.63. The first-order chi connectivity index (χ1) is 9.04. The van der Waals surface area contributed by atoms with Gasteiger partial charge in [-0.05, 0) is 35.7 Å². The molecule has 100 valence electrons. The molecule has 0 saturated heterocycles. The van der Waals surface area contributed by atoms with Crippen LogP contribution < -0.4 is 4.74 Å². The van der Waals surface area contributed by atoms with Gasteiger partial charge in [-0.25, -0.2) is 4.39 Å². The molecule has 0 aliphatic rings. The Kier molecular flexibility index (Phi) is 4.27. The summed E-state index contributed by atoms with van der Waals surface area (Å²) < 4.78 is 41.6. The lowest BCUT2D eigenvalue weighted by molar-refractivity contribution is -0.0498. The van der Waals surface area contributed by atoms with Crippen LogP contribution in [0.25, 0.3) is 0 Å². The molecule has 0 saturated carbocycles. The van der Waals surface area contributed by atoms with Gasteiger partial charge >= 0.3 is 6.61 Å². The molecule has 2 nitrogen and oxygen atoms in total. The molecular weight excluding hydrogens is 279 g/mol. The van der Waals surface area contributed by atoms with Crippen molar-refractivity contribution in [3.8, 4) is 5.75 Å². The Labute approximate surface area is 112 Å². The summed E-state index contributed by atoms with van der Waals surface area (Å²) in [5, 5.41) is 0.0985. The van der Waals surface area contributed by atoms with Crippen molar-refractivity contribution in [1.29, 1.82) is 0 Å². The minimum atomic E-state index is -2.94. The predicted octanol–water partition coefficient (Wildman–Crippen LogP) is 4.07. The minimum absolute atomic E-state index is 0.0985. The molecule has 2 rings (SSSR count). The highest BCUT2D eigenvalue weighted by atomic mass is 35.5. The highest BCUT2D eigenvalue weighted by Crippen LogP contribution is 2.28. The van der Waals surface area contributed by atoms with Crippen LogP contribution in [0.3, 0.4) is 0 Å². The number of benzene rings is 1. The highest BCUT2D eigenvalue weighted by Gasteiger charge is 2.10. The maximum absolute atomic E-state index is 13.0. The van der Waals surface area contributed by atoms with Gasteiger partial charge in [0.25, 0.3) is 0 Å². The van der Waals surface area contributed by atoms with Crippen LogP contribution in [-0.4, -0.2) is 11.6 Å². The number of hydrogen-bond acceptors (Lipinski definition) is 2. The Morgan fingerprint density at radius 1 is 1.16 bits per heavy atom. The van der Waals surface area contributed by atoms with Gasteiger partial charge in [-0.3, -0.25) is 4.98 Å². The summed E-state index contributed by atoms with van der Waals surface area (Å²) in [6, 6.07) is 5.85. The Morgan fingerprint density at radius 3 is 2.63 bits per heavy atom. The molecule has 0 bridgehead atoms. The summed E-state index contributed by atoms with van der Waals surface area (Å²) in [4.78, 5) is 3.72. The summed E-state index contributed by atoms with van der Waals surface area (Å²) in [7, 11) is 0. The molecule has 0 N–H and O–H groups in total. The van der Waals surface area contributed by atoms with Crippen LogP contribution in [0.4, 0.5) is 13.2 Å². The van der Waals surface area contributed by atoms with E-state index in [1.165, 1.54) is 24.4 Å². The third-order valence-corrected chi connectivity index (χ3v) is 2.69. The van der Waals surface area contributed by atoms with Gasteiger partial charge in [0.05, 0.1) is 11.2 Å². The van der Waals surface area contributed by atoms with Crippen LogP contribution in [0, 0.1) is 5.82 Å². The highest BCUT2D eigenvalue weighted by molar-refractivity contribution is 6.32. The van der Waals surface area contributed by atoms with Gasteiger partial charge in [0, 0.05) is 6.20 Å². The molecule has 1 aromatic heterocycles. The number of hydrogen-bond donors (Lipinski definition) is 0. The van der Waals surface area contributed by atoms with E-state index < -0.39 is 12.4 Å². The fourth-order valence-corrected chi connectivity index (χ4v) is 1.79. The van der Waals surface area contributed by atoms with Crippen LogP contribution in [-0.2, 0) is 6.42 Å². The monoisotopic (exact) mass is 287 g/mol. The number of rotatable bonds is 4. The number of alkyl halides is 2. The van der Waals surface area contributed by atoms with Gasteiger partial charge in [0.2, 0.25) is 0 Å². The maximum atomic E-state index is 13.0. The van der Waals surface area contributed by atoms with Gasteiger partial charge in [-0.2, -0.15) is 8.78 Å². The zero-order chi connectivity index (χ0) is 13.8. The summed E-state index contributed by atoms with van der Waals surface area (Å²) in [5.41, 5.74) is 1.30. The van der Waals surface area contributed by atoms with Gasteiger partial charge in [0.15, 0.2) is 0 Å². The van der Waals surface area contributed by atoms with Crippen molar-refractivity contribution >= 4 is 11.6 Å². The van der Waals surface area contributed by atoms with Crippen molar-refractivity contribution in [1.82, 2.24) is 4.98 Å². The molecule has 0 spiro atoms. The Morgan fingerprint density at radius 2 is 1.95 bits per heavy atom. The first-order valence-electron chi connectivity index (χ1n) is 5.37. The molecule has 0 aliphatic heterocycles. The molecule has 0 unspecified atom stereocenters. The van der Waals surface area contributed by atoms with E-state index in [1.807, 2.05) is 0 Å². The van der Waals surface area contributed by atoms with E-state index in [4.69, 9.17) is 11.6 Å². The van der Waals surface area contributed by atoms with Crippen molar-refractivity contribution in [3.05, 3.63) is 58.6 Å². The van der Waals surface area contributed by atoms with E-state index in [0.29, 0.717) is 17.5 Å². The molecule has 19 heavy (non-hydrogen) atoms. The lowest BCUT2D eigenvalue weighted by atomic mass is 10.1. The zero-order valence-electron chi connectivity index (χ0n) is 9.62. The molecule has 0 atom stereocenters. The number of aromatic nitrogens is 1. The predicted molar refractivity (Wildman–Crippen MR) is 65.1 cm³/mol. The third-order valence-electron chi connectivity index (χ3n) is 2.38. The lowest BCUT2D eigenvalue weighted by Crippen LogP contribution is -2.03. The average molecular weight is 288 g/mol. The normalized spacial score (nSPS) is 10.8. The molecule has 1 heterocycles. The smallest absolute Gasteiger partial charge is 0.387 e. The number of nitrogens with zero attached hydrogens (tertiary/aromatic N) is 1. The van der Waals surface area contributed by atoms with E-state index in [-0.39, 0.29) is 10.8 Å². The second kappa shape index (κ2) is 5.93. The Bertz CT molecular complexity index is 578. The van der Waals surface area contributed by atoms with Crippen molar-refractivity contribution in [2.75, 3.05) is 0 Å². The van der Waals surface area contributed by atoms with Gasteiger partial charge in [-0.1, -0.05) is 17.7 Å². The summed E-state index contributed by atoms with van der Waals surface area (Å²) in [5.74, 6) is -0.547. The molecule has 0 aliphatic carbocycles. The van der Waals surface area contributed by atoms with Crippen LogP contribution in [0.15, 0.2) is 36.7 Å². The van der Waals surface area contributed by atoms with Crippen molar-refractivity contribution in [2.24, 2.45) is 0 Å².